The maximum Gasteiger partial charge on any atom is 0.410 e. The second kappa shape index (κ2) is 8.63. The number of likely N-dealkylation sites (tertiary alicyclic amines) is 1. The molecule has 1 N–H and O–H groups in total. The summed E-state index contributed by atoms with van der Waals surface area (Å²) in [7, 11) is 1.74. The minimum atomic E-state index is -0.514. The lowest BCUT2D eigenvalue weighted by molar-refractivity contribution is 0.0244. The van der Waals surface area contributed by atoms with Crippen LogP contribution in [0, 0.1) is 5.92 Å². The molecule has 152 valence electrons. The van der Waals surface area contributed by atoms with Gasteiger partial charge in [0.05, 0.1) is 10.2 Å². The number of carbonyl (C=O) groups is 2. The molecule has 1 fully saturated rings. The van der Waals surface area contributed by atoms with Crippen LogP contribution in [-0.2, 0) is 4.74 Å². The molecule has 0 bridgehead atoms. The first-order valence-corrected chi connectivity index (χ1v) is 10.3. The molecule has 1 aromatic heterocycles. The summed E-state index contributed by atoms with van der Waals surface area (Å²) in [6.45, 7) is 11.6. The number of amides is 2. The van der Waals surface area contributed by atoms with Gasteiger partial charge in [-0.15, -0.1) is 0 Å². The predicted molar refractivity (Wildman–Crippen MR) is 108 cm³/mol. The van der Waals surface area contributed by atoms with E-state index in [1.165, 1.54) is 0 Å². The fourth-order valence-electron chi connectivity index (χ4n) is 3.22. The lowest BCUT2D eigenvalue weighted by Gasteiger charge is -2.34. The summed E-state index contributed by atoms with van der Waals surface area (Å²) >= 11 is 3.51. The van der Waals surface area contributed by atoms with E-state index in [0.717, 1.165) is 23.0 Å². The number of nitrogens with one attached hydrogen (secondary N) is 1. The first kappa shape index (κ1) is 21.7. The third-order valence-corrected chi connectivity index (χ3v) is 5.36. The van der Waals surface area contributed by atoms with E-state index in [1.54, 1.807) is 11.9 Å². The second-order valence-corrected chi connectivity index (χ2v) is 9.37. The van der Waals surface area contributed by atoms with E-state index in [2.05, 4.69) is 40.0 Å². The smallest absolute Gasteiger partial charge is 0.410 e. The maximum atomic E-state index is 12.9. The third-order valence-electron chi connectivity index (χ3n) is 4.56. The highest BCUT2D eigenvalue weighted by molar-refractivity contribution is 9.10. The molecule has 2 amide bonds. The zero-order valence-electron chi connectivity index (χ0n) is 17.1. The zero-order chi connectivity index (χ0) is 20.4. The molecule has 0 spiro atoms. The van der Waals surface area contributed by atoms with Crippen LogP contribution in [0.2, 0.25) is 0 Å². The first-order chi connectivity index (χ1) is 12.5. The minimum Gasteiger partial charge on any atom is -0.444 e. The Morgan fingerprint density at radius 1 is 1.41 bits per heavy atom. The molecule has 7 nitrogen and oxygen atoms in total. The summed E-state index contributed by atoms with van der Waals surface area (Å²) in [5.74, 6) is 0.405. The number of piperidine rings is 1. The Balaban J connectivity index is 1.99. The molecule has 1 unspecified atom stereocenters. The van der Waals surface area contributed by atoms with Gasteiger partial charge < -0.3 is 14.5 Å². The summed E-state index contributed by atoms with van der Waals surface area (Å²) in [4.78, 5) is 28.5. The molecule has 1 atom stereocenters. The highest BCUT2D eigenvalue weighted by Gasteiger charge is 2.30. The van der Waals surface area contributed by atoms with Crippen molar-refractivity contribution < 1.29 is 14.3 Å². The molecular formula is C19H31BrN4O3. The monoisotopic (exact) mass is 442 g/mol. The van der Waals surface area contributed by atoms with Crippen molar-refractivity contribution in [2.24, 2.45) is 5.92 Å². The van der Waals surface area contributed by atoms with E-state index < -0.39 is 5.60 Å². The fraction of sp³-hybridized carbons (Fsp3) is 0.737. The van der Waals surface area contributed by atoms with Crippen LogP contribution in [0.15, 0.2) is 4.47 Å². The first-order valence-electron chi connectivity index (χ1n) is 9.46. The molecule has 2 rings (SSSR count). The van der Waals surface area contributed by atoms with Crippen molar-refractivity contribution >= 4 is 27.9 Å². The van der Waals surface area contributed by atoms with Crippen LogP contribution in [0.1, 0.15) is 69.6 Å². The summed E-state index contributed by atoms with van der Waals surface area (Å²) in [5, 5.41) is 7.18. The maximum absolute atomic E-state index is 12.9. The van der Waals surface area contributed by atoms with Gasteiger partial charge in [0.15, 0.2) is 5.69 Å². The molecule has 27 heavy (non-hydrogen) atoms. The van der Waals surface area contributed by atoms with Crippen molar-refractivity contribution in [1.82, 2.24) is 20.0 Å². The van der Waals surface area contributed by atoms with Gasteiger partial charge in [0.25, 0.3) is 5.91 Å². The predicted octanol–water partition coefficient (Wildman–Crippen LogP) is 4.01. The Hall–Kier alpha value is -1.57. The van der Waals surface area contributed by atoms with Gasteiger partial charge >= 0.3 is 6.09 Å². The van der Waals surface area contributed by atoms with Crippen LogP contribution in [0.3, 0.4) is 0 Å². The molecule has 0 aliphatic carbocycles. The number of rotatable bonds is 4. The van der Waals surface area contributed by atoms with Crippen molar-refractivity contribution in [2.75, 3.05) is 26.7 Å². The summed E-state index contributed by atoms with van der Waals surface area (Å²) < 4.78 is 6.16. The van der Waals surface area contributed by atoms with E-state index in [4.69, 9.17) is 4.74 Å². The molecule has 0 aromatic carbocycles. The normalized spacial score (nSPS) is 17.9. The number of halogens is 1. The average molecular weight is 443 g/mol. The molecule has 0 radical (unpaired) electrons. The molecule has 8 heteroatoms. The van der Waals surface area contributed by atoms with Crippen molar-refractivity contribution in [2.45, 2.75) is 59.0 Å². The summed E-state index contributed by atoms with van der Waals surface area (Å²) in [6, 6.07) is 0. The molecule has 2 heterocycles. The van der Waals surface area contributed by atoms with Crippen LogP contribution >= 0.6 is 15.9 Å². The number of hydrogen-bond donors (Lipinski definition) is 1. The largest absolute Gasteiger partial charge is 0.444 e. The van der Waals surface area contributed by atoms with Gasteiger partial charge in [-0.05, 0) is 61.4 Å². The quantitative estimate of drug-likeness (QED) is 0.763. The van der Waals surface area contributed by atoms with Gasteiger partial charge in [0.2, 0.25) is 0 Å². The Labute approximate surface area is 169 Å². The standard InChI is InChI=1S/C19H31BrN4O3/c1-12(2)15-14(20)16(22-21-15)17(25)24-9-7-8-13(11-24)10-23(6)18(26)27-19(3,4)5/h12-13H,7-11H2,1-6H3,(H,21,22). The number of aromatic amines is 1. The highest BCUT2D eigenvalue weighted by Crippen LogP contribution is 2.28. The van der Waals surface area contributed by atoms with Crippen LogP contribution in [0.5, 0.6) is 0 Å². The van der Waals surface area contributed by atoms with E-state index >= 15 is 0 Å². The Kier molecular flexibility index (Phi) is 6.94. The summed E-state index contributed by atoms with van der Waals surface area (Å²) in [6.07, 6.45) is 1.57. The van der Waals surface area contributed by atoms with Crippen LogP contribution in [0.4, 0.5) is 4.79 Å². The third kappa shape index (κ3) is 5.70. The SMILES string of the molecule is CC(C)c1[nH]nc(C(=O)N2CCCC(CN(C)C(=O)OC(C)(C)C)C2)c1Br. The summed E-state index contributed by atoms with van der Waals surface area (Å²) in [5.41, 5.74) is 0.844. The Morgan fingerprint density at radius 2 is 2.07 bits per heavy atom. The topological polar surface area (TPSA) is 78.5 Å². The Morgan fingerprint density at radius 3 is 2.63 bits per heavy atom. The molecule has 1 aromatic rings. The van der Waals surface area contributed by atoms with Gasteiger partial charge in [-0.2, -0.15) is 5.10 Å². The lowest BCUT2D eigenvalue weighted by Crippen LogP contribution is -2.45. The van der Waals surface area contributed by atoms with Crippen molar-refractivity contribution in [3.63, 3.8) is 0 Å². The number of hydrogen-bond acceptors (Lipinski definition) is 4. The zero-order valence-corrected chi connectivity index (χ0v) is 18.7. The number of H-pyrrole nitrogens is 1. The molecule has 0 saturated carbocycles. The van der Waals surface area contributed by atoms with Crippen LogP contribution in [0.25, 0.3) is 0 Å². The van der Waals surface area contributed by atoms with Crippen molar-refractivity contribution in [3.8, 4) is 0 Å². The molecular weight excluding hydrogens is 412 g/mol. The Bertz CT molecular complexity index is 681. The van der Waals surface area contributed by atoms with Gasteiger partial charge in [-0.1, -0.05) is 13.8 Å². The number of aromatic nitrogens is 2. The lowest BCUT2D eigenvalue weighted by atomic mass is 9.97. The number of ether oxygens (including phenoxy) is 1. The van der Waals surface area contributed by atoms with Crippen molar-refractivity contribution in [3.05, 3.63) is 15.9 Å². The van der Waals surface area contributed by atoms with E-state index in [9.17, 15) is 9.59 Å². The molecule has 1 saturated heterocycles. The molecule has 1 aliphatic heterocycles. The number of carbonyl (C=O) groups excluding carboxylic acids is 2. The van der Waals surface area contributed by atoms with Gasteiger partial charge in [0, 0.05) is 26.7 Å². The van der Waals surface area contributed by atoms with E-state index in [0.29, 0.717) is 25.3 Å². The van der Waals surface area contributed by atoms with Crippen molar-refractivity contribution in [1.29, 1.82) is 0 Å². The fourth-order valence-corrected chi connectivity index (χ4v) is 4.02. The van der Waals surface area contributed by atoms with E-state index in [1.807, 2.05) is 25.7 Å². The highest BCUT2D eigenvalue weighted by atomic mass is 79.9. The average Bonchev–Trinajstić information content (AvgIpc) is 2.94. The second-order valence-electron chi connectivity index (χ2n) is 8.57. The van der Waals surface area contributed by atoms with E-state index in [-0.39, 0.29) is 23.8 Å². The number of nitrogens with zero attached hydrogens (tertiary/aromatic N) is 3. The van der Waals surface area contributed by atoms with Gasteiger partial charge in [0.1, 0.15) is 5.60 Å². The van der Waals surface area contributed by atoms with Crippen LogP contribution < -0.4 is 0 Å². The minimum absolute atomic E-state index is 0.0744. The molecule has 1 aliphatic rings. The van der Waals surface area contributed by atoms with Gasteiger partial charge in [-0.3, -0.25) is 9.89 Å². The van der Waals surface area contributed by atoms with Gasteiger partial charge in [-0.25, -0.2) is 4.79 Å². The van der Waals surface area contributed by atoms with Crippen LogP contribution in [-0.4, -0.2) is 64.3 Å².